The zero-order valence-electron chi connectivity index (χ0n) is 12.3. The quantitative estimate of drug-likeness (QED) is 0.494. The first kappa shape index (κ1) is 14.1. The Balaban J connectivity index is 1.89. The lowest BCUT2D eigenvalue weighted by Crippen LogP contribution is -2.12. The van der Waals surface area contributed by atoms with E-state index in [0.29, 0.717) is 17.0 Å². The molecule has 0 bridgehead atoms. The third kappa shape index (κ3) is 2.24. The van der Waals surface area contributed by atoms with E-state index in [1.165, 1.54) is 0 Å². The molecule has 114 valence electrons. The van der Waals surface area contributed by atoms with Crippen LogP contribution in [0.5, 0.6) is 0 Å². The predicted molar refractivity (Wildman–Crippen MR) is 94.7 cm³/mol. The minimum atomic E-state index is -0.186. The van der Waals surface area contributed by atoms with Crippen LogP contribution < -0.4 is 5.73 Å². The molecule has 0 atom stereocenters. The highest BCUT2D eigenvalue weighted by Gasteiger charge is 2.18. The summed E-state index contributed by atoms with van der Waals surface area (Å²) in [6.07, 6.45) is 0. The standard InChI is InChI=1S/C18H13BrN2O2/c1-10-6-12-7-14(20)4-5-15(12)21(10)18(22)17-8-11-2-3-13(19)9-16(11)23-17/h2-9H,20H2,1H3. The molecule has 0 spiro atoms. The Morgan fingerprint density at radius 2 is 1.91 bits per heavy atom. The number of hydrogen-bond donors (Lipinski definition) is 1. The van der Waals surface area contributed by atoms with Gasteiger partial charge in [-0.1, -0.05) is 15.9 Å². The van der Waals surface area contributed by atoms with Gasteiger partial charge in [0.05, 0.1) is 5.52 Å². The summed E-state index contributed by atoms with van der Waals surface area (Å²) in [6.45, 7) is 1.90. The Morgan fingerprint density at radius 3 is 2.74 bits per heavy atom. The molecule has 0 aliphatic rings. The van der Waals surface area contributed by atoms with Gasteiger partial charge in [0.15, 0.2) is 5.76 Å². The van der Waals surface area contributed by atoms with Gasteiger partial charge in [0.25, 0.3) is 5.91 Å². The molecule has 0 radical (unpaired) electrons. The number of rotatable bonds is 1. The Labute approximate surface area is 140 Å². The van der Waals surface area contributed by atoms with Crippen LogP contribution in [0.2, 0.25) is 0 Å². The number of benzene rings is 2. The second-order valence-electron chi connectivity index (χ2n) is 5.54. The fourth-order valence-corrected chi connectivity index (χ4v) is 3.20. The Hall–Kier alpha value is -2.53. The van der Waals surface area contributed by atoms with Crippen LogP contribution >= 0.6 is 15.9 Å². The fraction of sp³-hybridized carbons (Fsp3) is 0.0556. The van der Waals surface area contributed by atoms with E-state index >= 15 is 0 Å². The molecule has 0 saturated carbocycles. The van der Waals surface area contributed by atoms with Crippen molar-refractivity contribution in [2.75, 3.05) is 5.73 Å². The minimum Gasteiger partial charge on any atom is -0.451 e. The molecule has 5 heteroatoms. The molecule has 0 amide bonds. The highest BCUT2D eigenvalue weighted by Crippen LogP contribution is 2.27. The van der Waals surface area contributed by atoms with E-state index in [4.69, 9.17) is 10.2 Å². The van der Waals surface area contributed by atoms with E-state index in [9.17, 15) is 4.79 Å². The molecule has 4 nitrogen and oxygen atoms in total. The van der Waals surface area contributed by atoms with Gasteiger partial charge >= 0.3 is 0 Å². The van der Waals surface area contributed by atoms with Crippen molar-refractivity contribution in [1.29, 1.82) is 0 Å². The molecule has 0 aliphatic carbocycles. The van der Waals surface area contributed by atoms with Crippen molar-refractivity contribution in [3.05, 3.63) is 64.5 Å². The van der Waals surface area contributed by atoms with Crippen LogP contribution in [-0.2, 0) is 0 Å². The van der Waals surface area contributed by atoms with E-state index in [2.05, 4.69) is 15.9 Å². The topological polar surface area (TPSA) is 61.2 Å². The molecule has 23 heavy (non-hydrogen) atoms. The molecule has 0 aliphatic heterocycles. The van der Waals surface area contributed by atoms with Crippen LogP contribution in [0, 0.1) is 6.92 Å². The molecule has 2 N–H and O–H groups in total. The molecule has 0 unspecified atom stereocenters. The average Bonchev–Trinajstić information content (AvgIpc) is 3.05. The van der Waals surface area contributed by atoms with Crippen molar-refractivity contribution < 1.29 is 9.21 Å². The second-order valence-corrected chi connectivity index (χ2v) is 6.45. The number of carbonyl (C=O) groups is 1. The third-order valence-corrected chi connectivity index (χ3v) is 4.40. The molecule has 0 saturated heterocycles. The average molecular weight is 369 g/mol. The lowest BCUT2D eigenvalue weighted by atomic mass is 10.2. The van der Waals surface area contributed by atoms with Crippen molar-refractivity contribution in [2.24, 2.45) is 0 Å². The number of halogens is 1. The molecular formula is C18H13BrN2O2. The van der Waals surface area contributed by atoms with Gasteiger partial charge in [0, 0.05) is 26.6 Å². The zero-order valence-corrected chi connectivity index (χ0v) is 13.9. The summed E-state index contributed by atoms with van der Waals surface area (Å²) in [5.74, 6) is 0.130. The Kier molecular flexibility index (Phi) is 3.06. The van der Waals surface area contributed by atoms with Crippen LogP contribution in [0.15, 0.2) is 57.4 Å². The number of aromatic nitrogens is 1. The van der Waals surface area contributed by atoms with Crippen molar-refractivity contribution in [3.8, 4) is 0 Å². The lowest BCUT2D eigenvalue weighted by molar-refractivity contribution is 0.0938. The SMILES string of the molecule is Cc1cc2cc(N)ccc2n1C(=O)c1cc2ccc(Br)cc2o1. The van der Waals surface area contributed by atoms with Crippen LogP contribution in [0.3, 0.4) is 0 Å². The minimum absolute atomic E-state index is 0.186. The molecule has 2 heterocycles. The van der Waals surface area contributed by atoms with Crippen molar-refractivity contribution in [3.63, 3.8) is 0 Å². The van der Waals surface area contributed by atoms with Crippen molar-refractivity contribution >= 4 is 49.4 Å². The van der Waals surface area contributed by atoms with Crippen LogP contribution in [0.1, 0.15) is 16.2 Å². The second kappa shape index (κ2) is 4.99. The maximum Gasteiger partial charge on any atom is 0.298 e. The largest absolute Gasteiger partial charge is 0.451 e. The van der Waals surface area contributed by atoms with Gasteiger partial charge in [0.1, 0.15) is 5.58 Å². The number of fused-ring (bicyclic) bond motifs is 2. The number of anilines is 1. The van der Waals surface area contributed by atoms with E-state index in [-0.39, 0.29) is 5.91 Å². The summed E-state index contributed by atoms with van der Waals surface area (Å²) in [7, 11) is 0. The normalized spacial score (nSPS) is 11.4. The molecule has 2 aromatic heterocycles. The number of hydrogen-bond acceptors (Lipinski definition) is 3. The van der Waals surface area contributed by atoms with Crippen molar-refractivity contribution in [1.82, 2.24) is 4.57 Å². The van der Waals surface area contributed by atoms with Crippen molar-refractivity contribution in [2.45, 2.75) is 6.92 Å². The molecule has 2 aromatic carbocycles. The highest BCUT2D eigenvalue weighted by atomic mass is 79.9. The molecule has 0 fully saturated rings. The van der Waals surface area contributed by atoms with Gasteiger partial charge < -0.3 is 10.2 Å². The molecular weight excluding hydrogens is 356 g/mol. The Bertz CT molecular complexity index is 1080. The predicted octanol–water partition coefficient (Wildman–Crippen LogP) is 4.73. The summed E-state index contributed by atoms with van der Waals surface area (Å²) in [5.41, 5.74) is 8.84. The van der Waals surface area contributed by atoms with Crippen LogP contribution in [-0.4, -0.2) is 10.5 Å². The van der Waals surface area contributed by atoms with Gasteiger partial charge in [-0.2, -0.15) is 0 Å². The monoisotopic (exact) mass is 368 g/mol. The number of nitrogens with zero attached hydrogens (tertiary/aromatic N) is 1. The van der Waals surface area contributed by atoms with E-state index in [1.807, 2.05) is 43.3 Å². The molecule has 4 aromatic rings. The molecule has 4 rings (SSSR count). The van der Waals surface area contributed by atoms with Gasteiger partial charge in [-0.05, 0) is 55.5 Å². The van der Waals surface area contributed by atoms with Gasteiger partial charge in [-0.15, -0.1) is 0 Å². The van der Waals surface area contributed by atoms with Gasteiger partial charge in [0.2, 0.25) is 0 Å². The number of nitrogens with two attached hydrogens (primary N) is 1. The summed E-state index contributed by atoms with van der Waals surface area (Å²) in [6, 6.07) is 14.9. The third-order valence-electron chi connectivity index (χ3n) is 3.91. The first-order valence-corrected chi connectivity index (χ1v) is 7.93. The van der Waals surface area contributed by atoms with Gasteiger partial charge in [-0.3, -0.25) is 9.36 Å². The van der Waals surface area contributed by atoms with E-state index in [1.54, 1.807) is 16.7 Å². The van der Waals surface area contributed by atoms with Gasteiger partial charge in [-0.25, -0.2) is 0 Å². The summed E-state index contributed by atoms with van der Waals surface area (Å²) in [4.78, 5) is 12.9. The number of carbonyl (C=O) groups excluding carboxylic acids is 1. The summed E-state index contributed by atoms with van der Waals surface area (Å²) >= 11 is 3.41. The Morgan fingerprint density at radius 1 is 1.09 bits per heavy atom. The fourth-order valence-electron chi connectivity index (χ4n) is 2.86. The maximum absolute atomic E-state index is 12.9. The highest BCUT2D eigenvalue weighted by molar-refractivity contribution is 9.10. The van der Waals surface area contributed by atoms with E-state index < -0.39 is 0 Å². The van der Waals surface area contributed by atoms with E-state index in [0.717, 1.165) is 26.5 Å². The first-order valence-electron chi connectivity index (χ1n) is 7.14. The number of aryl methyl sites for hydroxylation is 1. The summed E-state index contributed by atoms with van der Waals surface area (Å²) in [5, 5.41) is 1.84. The first-order chi connectivity index (χ1) is 11.0. The smallest absolute Gasteiger partial charge is 0.298 e. The van der Waals surface area contributed by atoms with Crippen LogP contribution in [0.25, 0.3) is 21.9 Å². The lowest BCUT2D eigenvalue weighted by Gasteiger charge is -2.04. The summed E-state index contributed by atoms with van der Waals surface area (Å²) < 4.78 is 8.30. The maximum atomic E-state index is 12.9. The van der Waals surface area contributed by atoms with Crippen LogP contribution in [0.4, 0.5) is 5.69 Å². The zero-order chi connectivity index (χ0) is 16.1. The number of nitrogen functional groups attached to an aromatic ring is 1. The number of furan rings is 1.